The van der Waals surface area contributed by atoms with E-state index in [2.05, 4.69) is 0 Å². The molecule has 0 saturated carbocycles. The van der Waals surface area contributed by atoms with Gasteiger partial charge in [0, 0.05) is 43.4 Å². The molecule has 4 rings (SSSR count). The lowest BCUT2D eigenvalue weighted by atomic mass is 10.1. The van der Waals surface area contributed by atoms with Crippen molar-refractivity contribution in [1.29, 1.82) is 0 Å². The number of benzene rings is 2. The van der Waals surface area contributed by atoms with Crippen molar-refractivity contribution in [3.8, 4) is 5.75 Å². The van der Waals surface area contributed by atoms with Crippen LogP contribution in [0.25, 0.3) is 10.9 Å². The largest absolute Gasteiger partial charge is 0.490 e. The quantitative estimate of drug-likeness (QED) is 0.656. The smallest absolute Gasteiger partial charge is 0.270 e. The van der Waals surface area contributed by atoms with Crippen LogP contribution in [0, 0.1) is 5.82 Å². The number of aromatic nitrogens is 1. The van der Waals surface area contributed by atoms with E-state index in [4.69, 9.17) is 16.3 Å². The summed E-state index contributed by atoms with van der Waals surface area (Å²) in [6, 6.07) is 13.7. The number of likely N-dealkylation sites (tertiary alicyclic amines) is 1. The van der Waals surface area contributed by atoms with Crippen molar-refractivity contribution in [3.63, 3.8) is 0 Å². The highest BCUT2D eigenvalue weighted by molar-refractivity contribution is 6.30. The van der Waals surface area contributed by atoms with Crippen molar-refractivity contribution in [2.75, 3.05) is 13.1 Å². The zero-order chi connectivity index (χ0) is 19.0. The van der Waals surface area contributed by atoms with Crippen molar-refractivity contribution >= 4 is 28.4 Å². The van der Waals surface area contributed by atoms with Gasteiger partial charge in [0.2, 0.25) is 0 Å². The molecule has 2 heterocycles. The Morgan fingerprint density at radius 2 is 1.81 bits per heavy atom. The third-order valence-electron chi connectivity index (χ3n) is 5.07. The molecule has 6 heteroatoms. The summed E-state index contributed by atoms with van der Waals surface area (Å²) in [5, 5.41) is 1.54. The molecule has 4 nitrogen and oxygen atoms in total. The molecule has 0 aliphatic carbocycles. The molecule has 0 bridgehead atoms. The van der Waals surface area contributed by atoms with Gasteiger partial charge in [-0.15, -0.1) is 0 Å². The minimum absolute atomic E-state index is 0.0287. The molecule has 27 heavy (non-hydrogen) atoms. The molecule has 3 aromatic rings. The van der Waals surface area contributed by atoms with Crippen molar-refractivity contribution < 1.29 is 13.9 Å². The number of aryl methyl sites for hydroxylation is 1. The number of carbonyl (C=O) groups is 1. The van der Waals surface area contributed by atoms with Crippen LogP contribution in [0.1, 0.15) is 23.3 Å². The van der Waals surface area contributed by atoms with Crippen LogP contribution in [0.2, 0.25) is 5.02 Å². The van der Waals surface area contributed by atoms with E-state index in [1.54, 1.807) is 29.8 Å². The first-order chi connectivity index (χ1) is 13.0. The summed E-state index contributed by atoms with van der Waals surface area (Å²) in [7, 11) is 1.80. The second kappa shape index (κ2) is 7.24. The fourth-order valence-corrected chi connectivity index (χ4v) is 3.68. The van der Waals surface area contributed by atoms with Crippen LogP contribution in [0.15, 0.2) is 48.5 Å². The molecule has 1 aliphatic rings. The van der Waals surface area contributed by atoms with Crippen molar-refractivity contribution in [1.82, 2.24) is 9.47 Å². The van der Waals surface area contributed by atoms with Crippen LogP contribution in [0.5, 0.6) is 5.75 Å². The van der Waals surface area contributed by atoms with E-state index in [0.29, 0.717) is 23.8 Å². The normalized spacial score (nSPS) is 15.3. The molecule has 1 saturated heterocycles. The maximum atomic E-state index is 13.5. The van der Waals surface area contributed by atoms with Gasteiger partial charge in [0.1, 0.15) is 23.4 Å². The molecule has 2 aromatic carbocycles. The fourth-order valence-electron chi connectivity index (χ4n) is 3.55. The van der Waals surface area contributed by atoms with Gasteiger partial charge < -0.3 is 14.2 Å². The van der Waals surface area contributed by atoms with E-state index < -0.39 is 0 Å². The summed E-state index contributed by atoms with van der Waals surface area (Å²) in [5.41, 5.74) is 1.30. The fraction of sp³-hybridized carbons (Fsp3) is 0.286. The van der Waals surface area contributed by atoms with Gasteiger partial charge in [0.05, 0.1) is 5.52 Å². The number of ether oxygens (including phenoxy) is 1. The topological polar surface area (TPSA) is 34.5 Å². The van der Waals surface area contributed by atoms with Gasteiger partial charge in [0.15, 0.2) is 0 Å². The Morgan fingerprint density at radius 1 is 1.11 bits per heavy atom. The Kier molecular flexibility index (Phi) is 4.79. The molecule has 1 fully saturated rings. The van der Waals surface area contributed by atoms with E-state index in [0.717, 1.165) is 29.5 Å². The highest BCUT2D eigenvalue weighted by Gasteiger charge is 2.26. The van der Waals surface area contributed by atoms with Gasteiger partial charge in [-0.3, -0.25) is 4.79 Å². The summed E-state index contributed by atoms with van der Waals surface area (Å²) >= 11 is 5.89. The Hall–Kier alpha value is -2.53. The molecular weight excluding hydrogens is 367 g/mol. The van der Waals surface area contributed by atoms with Crippen molar-refractivity contribution in [3.05, 3.63) is 65.1 Å². The lowest BCUT2D eigenvalue weighted by molar-refractivity contribution is 0.0587. The number of carbonyl (C=O) groups excluding carboxylic acids is 1. The van der Waals surface area contributed by atoms with Gasteiger partial charge in [-0.2, -0.15) is 0 Å². The molecule has 0 atom stereocenters. The monoisotopic (exact) mass is 386 g/mol. The zero-order valence-corrected chi connectivity index (χ0v) is 15.7. The van der Waals surface area contributed by atoms with Crippen LogP contribution in [0.3, 0.4) is 0 Å². The number of hydrogen-bond donors (Lipinski definition) is 0. The van der Waals surface area contributed by atoms with Crippen molar-refractivity contribution in [2.45, 2.75) is 18.9 Å². The predicted molar refractivity (Wildman–Crippen MR) is 104 cm³/mol. The van der Waals surface area contributed by atoms with Crippen LogP contribution in [-0.2, 0) is 7.05 Å². The number of hydrogen-bond acceptors (Lipinski definition) is 2. The number of nitrogens with zero attached hydrogens (tertiary/aromatic N) is 2. The minimum Gasteiger partial charge on any atom is -0.490 e. The van der Waals surface area contributed by atoms with Crippen molar-refractivity contribution in [2.24, 2.45) is 7.05 Å². The second-order valence-corrected chi connectivity index (χ2v) is 7.29. The Morgan fingerprint density at radius 3 is 2.52 bits per heavy atom. The van der Waals surface area contributed by atoms with E-state index in [-0.39, 0.29) is 17.8 Å². The van der Waals surface area contributed by atoms with Gasteiger partial charge in [-0.05, 0) is 48.5 Å². The summed E-state index contributed by atoms with van der Waals surface area (Å²) < 4.78 is 21.2. The lowest BCUT2D eigenvalue weighted by Gasteiger charge is -2.32. The number of halogens is 2. The molecule has 0 unspecified atom stereocenters. The summed E-state index contributed by atoms with van der Waals surface area (Å²) in [6.45, 7) is 1.26. The van der Waals surface area contributed by atoms with E-state index in [9.17, 15) is 9.18 Å². The summed E-state index contributed by atoms with van der Waals surface area (Å²) in [4.78, 5) is 14.8. The maximum Gasteiger partial charge on any atom is 0.270 e. The highest BCUT2D eigenvalue weighted by atomic mass is 35.5. The second-order valence-electron chi connectivity index (χ2n) is 6.86. The first-order valence-corrected chi connectivity index (χ1v) is 9.35. The Balaban J connectivity index is 1.43. The van der Waals surface area contributed by atoms with E-state index >= 15 is 0 Å². The first-order valence-electron chi connectivity index (χ1n) is 8.98. The summed E-state index contributed by atoms with van der Waals surface area (Å²) in [5.74, 6) is 0.460. The molecule has 0 spiro atoms. The standard InChI is InChI=1S/C21H20ClFN2O2/c1-24-19-13-16(23)5-2-14(19)12-20(24)21(26)25-10-8-18(9-11-25)27-17-6-3-15(22)4-7-17/h2-7,12-13,18H,8-11H2,1H3. The molecule has 1 amide bonds. The summed E-state index contributed by atoms with van der Waals surface area (Å²) in [6.07, 6.45) is 1.62. The van der Waals surface area contributed by atoms with Gasteiger partial charge in [-0.1, -0.05) is 11.6 Å². The van der Waals surface area contributed by atoms with Crippen LogP contribution < -0.4 is 4.74 Å². The number of fused-ring (bicyclic) bond motifs is 1. The van der Waals surface area contributed by atoms with Crippen LogP contribution in [0.4, 0.5) is 4.39 Å². The van der Waals surface area contributed by atoms with Gasteiger partial charge in [-0.25, -0.2) is 4.39 Å². The van der Waals surface area contributed by atoms with E-state index in [1.807, 2.05) is 23.1 Å². The van der Waals surface area contributed by atoms with Gasteiger partial charge >= 0.3 is 0 Å². The maximum absolute atomic E-state index is 13.5. The minimum atomic E-state index is -0.303. The first kappa shape index (κ1) is 17.9. The predicted octanol–water partition coefficient (Wildman–Crippen LogP) is 4.65. The SMILES string of the molecule is Cn1c(C(=O)N2CCC(Oc3ccc(Cl)cc3)CC2)cc2ccc(F)cc21. The average Bonchev–Trinajstić information content (AvgIpc) is 3.00. The van der Waals surface area contributed by atoms with Crippen LogP contribution >= 0.6 is 11.6 Å². The van der Waals surface area contributed by atoms with E-state index in [1.165, 1.54) is 12.1 Å². The molecule has 0 radical (unpaired) electrons. The molecule has 1 aromatic heterocycles. The molecule has 0 N–H and O–H groups in total. The third-order valence-corrected chi connectivity index (χ3v) is 5.32. The zero-order valence-electron chi connectivity index (χ0n) is 15.0. The average molecular weight is 387 g/mol. The Bertz CT molecular complexity index is 976. The van der Waals surface area contributed by atoms with Gasteiger partial charge in [0.25, 0.3) is 5.91 Å². The number of piperidine rings is 1. The lowest BCUT2D eigenvalue weighted by Crippen LogP contribution is -2.42. The highest BCUT2D eigenvalue weighted by Crippen LogP contribution is 2.24. The number of amides is 1. The number of rotatable bonds is 3. The Labute approximate surface area is 162 Å². The van der Waals surface area contributed by atoms with Crippen LogP contribution in [-0.4, -0.2) is 34.6 Å². The third kappa shape index (κ3) is 3.65. The molecular formula is C21H20ClFN2O2. The molecule has 140 valence electrons. The molecule has 1 aliphatic heterocycles.